The number of hydrogen-bond donors (Lipinski definition) is 2. The number of hydrogen-bond acceptors (Lipinski definition) is 7. The van der Waals surface area contributed by atoms with Crippen molar-refractivity contribution in [3.63, 3.8) is 0 Å². The highest BCUT2D eigenvalue weighted by molar-refractivity contribution is 7.99. The summed E-state index contributed by atoms with van der Waals surface area (Å²) >= 11 is 8.63. The Morgan fingerprint density at radius 1 is 1.38 bits per heavy atom. The van der Waals surface area contributed by atoms with E-state index in [2.05, 4.69) is 15.3 Å². The van der Waals surface area contributed by atoms with Gasteiger partial charge in [0.15, 0.2) is 5.16 Å². The van der Waals surface area contributed by atoms with Gasteiger partial charge < -0.3 is 10.3 Å². The SMILES string of the molecule is O=C(CSc1nc2sc3c(c2c(=O)[nH]1)CCCC3)Nc1cc([N+](=O)[O-])ccc1Cl. The molecular weight excluding hydrogens is 436 g/mol. The molecule has 0 spiro atoms. The van der Waals surface area contributed by atoms with Crippen LogP contribution in [0.15, 0.2) is 28.2 Å². The van der Waals surface area contributed by atoms with Crippen molar-refractivity contribution in [2.24, 2.45) is 0 Å². The number of non-ortho nitro benzene ring substituents is 1. The first kappa shape index (κ1) is 19.9. The lowest BCUT2D eigenvalue weighted by atomic mass is 9.97. The summed E-state index contributed by atoms with van der Waals surface area (Å²) in [6, 6.07) is 3.82. The van der Waals surface area contributed by atoms with Gasteiger partial charge in [-0.1, -0.05) is 23.4 Å². The quantitative estimate of drug-likeness (QED) is 0.261. The average molecular weight is 451 g/mol. The fourth-order valence-electron chi connectivity index (χ4n) is 3.26. The van der Waals surface area contributed by atoms with Gasteiger partial charge in [-0.25, -0.2) is 4.98 Å². The normalized spacial score (nSPS) is 13.3. The Morgan fingerprint density at radius 3 is 2.97 bits per heavy atom. The molecule has 2 aromatic heterocycles. The van der Waals surface area contributed by atoms with E-state index in [0.29, 0.717) is 15.4 Å². The molecule has 1 amide bonds. The molecule has 0 saturated carbocycles. The van der Waals surface area contributed by atoms with E-state index in [-0.39, 0.29) is 27.7 Å². The van der Waals surface area contributed by atoms with Gasteiger partial charge in [0.05, 0.1) is 26.8 Å². The van der Waals surface area contributed by atoms with E-state index in [4.69, 9.17) is 11.6 Å². The van der Waals surface area contributed by atoms with Crippen molar-refractivity contribution in [1.82, 2.24) is 9.97 Å². The van der Waals surface area contributed by atoms with Crippen molar-refractivity contribution < 1.29 is 9.72 Å². The van der Waals surface area contributed by atoms with Crippen molar-refractivity contribution in [1.29, 1.82) is 0 Å². The van der Waals surface area contributed by atoms with Crippen LogP contribution in [0.4, 0.5) is 11.4 Å². The maximum absolute atomic E-state index is 12.5. The molecule has 2 heterocycles. The Kier molecular flexibility index (Phi) is 5.57. The van der Waals surface area contributed by atoms with Gasteiger partial charge in [0, 0.05) is 17.0 Å². The van der Waals surface area contributed by atoms with E-state index >= 15 is 0 Å². The number of nitro benzene ring substituents is 1. The van der Waals surface area contributed by atoms with Gasteiger partial charge in [-0.15, -0.1) is 11.3 Å². The first-order chi connectivity index (χ1) is 13.9. The number of rotatable bonds is 5. The summed E-state index contributed by atoms with van der Waals surface area (Å²) in [7, 11) is 0. The van der Waals surface area contributed by atoms with E-state index in [1.54, 1.807) is 11.3 Å². The molecule has 11 heteroatoms. The Hall–Kier alpha value is -2.43. The first-order valence-electron chi connectivity index (χ1n) is 8.83. The number of nitrogens with one attached hydrogen (secondary N) is 2. The second-order valence-electron chi connectivity index (χ2n) is 6.52. The molecule has 0 radical (unpaired) electrons. The number of carbonyl (C=O) groups is 1. The Bertz CT molecular complexity index is 1190. The van der Waals surface area contributed by atoms with Crippen LogP contribution in [-0.4, -0.2) is 26.6 Å². The minimum absolute atomic E-state index is 0.0292. The molecular formula is C18H15ClN4O4S2. The molecule has 0 unspecified atom stereocenters. The van der Waals surface area contributed by atoms with Gasteiger partial charge in [0.25, 0.3) is 11.2 Å². The monoisotopic (exact) mass is 450 g/mol. The molecule has 8 nitrogen and oxygen atoms in total. The molecule has 0 atom stereocenters. The van der Waals surface area contributed by atoms with Crippen LogP contribution < -0.4 is 10.9 Å². The highest BCUT2D eigenvalue weighted by Crippen LogP contribution is 2.34. The number of carbonyl (C=O) groups excluding carboxylic acids is 1. The zero-order chi connectivity index (χ0) is 20.5. The molecule has 0 fully saturated rings. The van der Waals surface area contributed by atoms with E-state index in [9.17, 15) is 19.7 Å². The highest BCUT2D eigenvalue weighted by atomic mass is 35.5. The molecule has 150 valence electrons. The first-order valence-corrected chi connectivity index (χ1v) is 11.0. The van der Waals surface area contributed by atoms with Crippen LogP contribution in [0.2, 0.25) is 5.02 Å². The van der Waals surface area contributed by atoms with Crippen LogP contribution in [0.25, 0.3) is 10.2 Å². The van der Waals surface area contributed by atoms with Crippen LogP contribution in [0.1, 0.15) is 23.3 Å². The van der Waals surface area contributed by atoms with Crippen molar-refractivity contribution in [2.75, 3.05) is 11.1 Å². The van der Waals surface area contributed by atoms with Crippen LogP contribution in [-0.2, 0) is 17.6 Å². The summed E-state index contributed by atoms with van der Waals surface area (Å²) in [4.78, 5) is 44.3. The smallest absolute Gasteiger partial charge is 0.271 e. The van der Waals surface area contributed by atoms with E-state index in [0.717, 1.165) is 43.0 Å². The van der Waals surface area contributed by atoms with Gasteiger partial charge in [-0.05, 0) is 37.3 Å². The van der Waals surface area contributed by atoms with Crippen molar-refractivity contribution in [3.05, 3.63) is 54.1 Å². The number of fused-ring (bicyclic) bond motifs is 3. The molecule has 3 aromatic rings. The Labute approximate surface area is 177 Å². The fourth-order valence-corrected chi connectivity index (χ4v) is 5.40. The summed E-state index contributed by atoms with van der Waals surface area (Å²) in [5.74, 6) is -0.441. The molecule has 1 aliphatic rings. The number of aryl methyl sites for hydroxylation is 2. The highest BCUT2D eigenvalue weighted by Gasteiger charge is 2.20. The number of nitrogens with zero attached hydrogens (tertiary/aromatic N) is 2. The van der Waals surface area contributed by atoms with Crippen LogP contribution in [0, 0.1) is 10.1 Å². The van der Waals surface area contributed by atoms with Gasteiger partial charge in [-0.2, -0.15) is 0 Å². The largest absolute Gasteiger partial charge is 0.324 e. The second kappa shape index (κ2) is 8.13. The van der Waals surface area contributed by atoms with Gasteiger partial charge in [0.2, 0.25) is 5.91 Å². The topological polar surface area (TPSA) is 118 Å². The summed E-state index contributed by atoms with van der Waals surface area (Å²) in [5.41, 5.74) is 0.920. The minimum Gasteiger partial charge on any atom is -0.324 e. The molecule has 0 saturated heterocycles. The van der Waals surface area contributed by atoms with Crippen LogP contribution >= 0.6 is 34.7 Å². The molecule has 4 rings (SSSR count). The maximum atomic E-state index is 12.5. The third kappa shape index (κ3) is 4.14. The predicted molar refractivity (Wildman–Crippen MR) is 114 cm³/mol. The lowest BCUT2D eigenvalue weighted by molar-refractivity contribution is -0.384. The summed E-state index contributed by atoms with van der Waals surface area (Å²) in [5, 5.41) is 14.7. The van der Waals surface area contributed by atoms with E-state index in [1.165, 1.54) is 23.1 Å². The second-order valence-corrected chi connectivity index (χ2v) is 8.98. The fraction of sp³-hybridized carbons (Fsp3) is 0.278. The van der Waals surface area contributed by atoms with Crippen LogP contribution in [0.5, 0.6) is 0 Å². The number of nitro groups is 1. The Balaban J connectivity index is 1.48. The number of aromatic nitrogens is 2. The number of benzene rings is 1. The summed E-state index contributed by atoms with van der Waals surface area (Å²) in [6.45, 7) is 0. The summed E-state index contributed by atoms with van der Waals surface area (Å²) < 4.78 is 0. The van der Waals surface area contributed by atoms with Crippen molar-refractivity contribution in [2.45, 2.75) is 30.8 Å². The molecule has 2 N–H and O–H groups in total. The molecule has 1 aliphatic carbocycles. The zero-order valence-corrected chi connectivity index (χ0v) is 17.4. The van der Waals surface area contributed by atoms with Gasteiger partial charge >= 0.3 is 0 Å². The molecule has 1 aromatic carbocycles. The third-order valence-electron chi connectivity index (χ3n) is 4.58. The lowest BCUT2D eigenvalue weighted by Crippen LogP contribution is -2.16. The average Bonchev–Trinajstić information content (AvgIpc) is 3.06. The number of anilines is 1. The molecule has 0 aliphatic heterocycles. The van der Waals surface area contributed by atoms with E-state index < -0.39 is 10.8 Å². The van der Waals surface area contributed by atoms with Crippen LogP contribution in [0.3, 0.4) is 0 Å². The molecule has 0 bridgehead atoms. The minimum atomic E-state index is -0.564. The Morgan fingerprint density at radius 2 is 2.17 bits per heavy atom. The van der Waals surface area contributed by atoms with Crippen molar-refractivity contribution >= 4 is 62.2 Å². The van der Waals surface area contributed by atoms with Gasteiger partial charge in [-0.3, -0.25) is 19.7 Å². The summed E-state index contributed by atoms with van der Waals surface area (Å²) in [6.07, 6.45) is 4.08. The van der Waals surface area contributed by atoms with Crippen molar-refractivity contribution in [3.8, 4) is 0 Å². The predicted octanol–water partition coefficient (Wildman–Crippen LogP) is 4.16. The third-order valence-corrected chi connectivity index (χ3v) is 6.97. The molecule has 29 heavy (non-hydrogen) atoms. The van der Waals surface area contributed by atoms with E-state index in [1.807, 2.05) is 0 Å². The number of aromatic amines is 1. The maximum Gasteiger partial charge on any atom is 0.271 e. The lowest BCUT2D eigenvalue weighted by Gasteiger charge is -2.09. The number of halogens is 1. The zero-order valence-electron chi connectivity index (χ0n) is 15.0. The van der Waals surface area contributed by atoms with Gasteiger partial charge in [0.1, 0.15) is 4.83 Å². The number of thiophene rings is 1. The standard InChI is InChI=1S/C18H15ClN4O4S2/c19-11-6-5-9(23(26)27)7-12(11)20-14(24)8-28-18-21-16(25)15-10-3-1-2-4-13(10)29-17(15)22-18/h5-7H,1-4,8H2,(H,20,24)(H,21,22,25). The number of thioether (sulfide) groups is 1. The number of amides is 1. The number of H-pyrrole nitrogens is 1.